The van der Waals surface area contributed by atoms with Crippen molar-refractivity contribution in [3.05, 3.63) is 35.4 Å². The van der Waals surface area contributed by atoms with Crippen molar-refractivity contribution in [1.29, 1.82) is 0 Å². The van der Waals surface area contributed by atoms with Gasteiger partial charge in [0.05, 0.1) is 12.5 Å². The molecule has 0 amide bonds. The van der Waals surface area contributed by atoms with Crippen LogP contribution in [-0.4, -0.2) is 24.1 Å². The van der Waals surface area contributed by atoms with Gasteiger partial charge in [-0.2, -0.15) is 0 Å². The standard InChI is InChI=1S/C13H12O4/c1-2-17-13(16)12(15)10-7-8-5-3-4-6-9(8)11(10)14/h3-6,10H,2,7H2,1H3. The van der Waals surface area contributed by atoms with Crippen LogP contribution < -0.4 is 0 Å². The summed E-state index contributed by atoms with van der Waals surface area (Å²) < 4.78 is 4.62. The van der Waals surface area contributed by atoms with Gasteiger partial charge in [-0.15, -0.1) is 0 Å². The van der Waals surface area contributed by atoms with Gasteiger partial charge < -0.3 is 4.74 Å². The highest BCUT2D eigenvalue weighted by atomic mass is 16.5. The zero-order chi connectivity index (χ0) is 12.4. The van der Waals surface area contributed by atoms with E-state index in [4.69, 9.17) is 0 Å². The van der Waals surface area contributed by atoms with Crippen molar-refractivity contribution in [2.75, 3.05) is 6.61 Å². The van der Waals surface area contributed by atoms with Crippen molar-refractivity contribution in [1.82, 2.24) is 0 Å². The smallest absolute Gasteiger partial charge is 0.375 e. The van der Waals surface area contributed by atoms with Crippen LogP contribution >= 0.6 is 0 Å². The molecular weight excluding hydrogens is 220 g/mol. The summed E-state index contributed by atoms with van der Waals surface area (Å²) in [6.07, 6.45) is 0.298. The van der Waals surface area contributed by atoms with Crippen molar-refractivity contribution in [2.45, 2.75) is 13.3 Å². The molecule has 0 heterocycles. The molecule has 2 rings (SSSR count). The Morgan fingerprint density at radius 3 is 2.71 bits per heavy atom. The predicted octanol–water partition coefficient (Wildman–Crippen LogP) is 1.17. The summed E-state index contributed by atoms with van der Waals surface area (Å²) in [5.74, 6) is -2.84. The minimum atomic E-state index is -0.918. The van der Waals surface area contributed by atoms with Crippen LogP contribution in [0, 0.1) is 5.92 Å². The maximum absolute atomic E-state index is 11.9. The van der Waals surface area contributed by atoms with Crippen LogP contribution in [-0.2, 0) is 20.7 Å². The van der Waals surface area contributed by atoms with Crippen molar-refractivity contribution in [2.24, 2.45) is 5.92 Å². The molecule has 0 N–H and O–H groups in total. The van der Waals surface area contributed by atoms with Crippen molar-refractivity contribution in [3.63, 3.8) is 0 Å². The van der Waals surface area contributed by atoms with E-state index in [2.05, 4.69) is 4.74 Å². The molecule has 88 valence electrons. The number of Topliss-reactive ketones (excluding diaryl/α,β-unsaturated/α-hetero) is 2. The lowest BCUT2D eigenvalue weighted by molar-refractivity contribution is -0.154. The number of benzene rings is 1. The first-order valence-corrected chi connectivity index (χ1v) is 5.48. The second-order valence-electron chi connectivity index (χ2n) is 3.86. The zero-order valence-corrected chi connectivity index (χ0v) is 9.43. The Bertz CT molecular complexity index is 490. The average Bonchev–Trinajstić information content (AvgIpc) is 2.67. The van der Waals surface area contributed by atoms with Crippen LogP contribution in [0.4, 0.5) is 0 Å². The molecule has 0 fully saturated rings. The summed E-state index contributed by atoms with van der Waals surface area (Å²) in [5, 5.41) is 0. The van der Waals surface area contributed by atoms with Crippen LogP contribution in [0.25, 0.3) is 0 Å². The van der Waals surface area contributed by atoms with Gasteiger partial charge in [0.15, 0.2) is 5.78 Å². The first kappa shape index (κ1) is 11.5. The number of ether oxygens (including phenoxy) is 1. The van der Waals surface area contributed by atoms with Crippen LogP contribution in [0.3, 0.4) is 0 Å². The second kappa shape index (κ2) is 4.49. The van der Waals surface area contributed by atoms with Crippen molar-refractivity contribution < 1.29 is 19.1 Å². The molecule has 17 heavy (non-hydrogen) atoms. The highest BCUT2D eigenvalue weighted by Crippen LogP contribution is 2.27. The number of carbonyl (C=O) groups is 3. The summed E-state index contributed by atoms with van der Waals surface area (Å²) >= 11 is 0. The van der Waals surface area contributed by atoms with Gasteiger partial charge in [-0.3, -0.25) is 9.59 Å². The van der Waals surface area contributed by atoms with E-state index in [9.17, 15) is 14.4 Å². The molecule has 0 bridgehead atoms. The number of rotatable bonds is 3. The van der Waals surface area contributed by atoms with Gasteiger partial charge in [0.1, 0.15) is 0 Å². The highest BCUT2D eigenvalue weighted by molar-refractivity contribution is 6.40. The van der Waals surface area contributed by atoms with Crippen LogP contribution in [0.5, 0.6) is 0 Å². The molecule has 0 aliphatic heterocycles. The Balaban J connectivity index is 2.20. The SMILES string of the molecule is CCOC(=O)C(=O)C1Cc2ccccc2C1=O. The number of carbonyl (C=O) groups excluding carboxylic acids is 3. The van der Waals surface area contributed by atoms with Gasteiger partial charge in [-0.25, -0.2) is 4.79 Å². The second-order valence-corrected chi connectivity index (χ2v) is 3.86. The summed E-state index contributed by atoms with van der Waals surface area (Å²) in [6.45, 7) is 1.76. The van der Waals surface area contributed by atoms with Gasteiger partial charge in [0.2, 0.25) is 0 Å². The van der Waals surface area contributed by atoms with E-state index in [-0.39, 0.29) is 12.4 Å². The van der Waals surface area contributed by atoms with Gasteiger partial charge in [-0.05, 0) is 18.9 Å². The summed E-state index contributed by atoms with van der Waals surface area (Å²) in [4.78, 5) is 34.9. The normalized spacial score (nSPS) is 17.7. The van der Waals surface area contributed by atoms with Gasteiger partial charge in [-0.1, -0.05) is 24.3 Å². The fourth-order valence-corrected chi connectivity index (χ4v) is 2.00. The fourth-order valence-electron chi connectivity index (χ4n) is 2.00. The lowest BCUT2D eigenvalue weighted by Gasteiger charge is -2.05. The third-order valence-corrected chi connectivity index (χ3v) is 2.82. The Morgan fingerprint density at radius 2 is 2.06 bits per heavy atom. The Morgan fingerprint density at radius 1 is 1.35 bits per heavy atom. The lowest BCUT2D eigenvalue weighted by Crippen LogP contribution is -2.29. The molecule has 1 aliphatic carbocycles. The van der Waals surface area contributed by atoms with E-state index in [1.165, 1.54) is 0 Å². The molecule has 4 heteroatoms. The topological polar surface area (TPSA) is 60.4 Å². The summed E-state index contributed by atoms with van der Waals surface area (Å²) in [5.41, 5.74) is 1.36. The van der Waals surface area contributed by atoms with Crippen molar-refractivity contribution in [3.8, 4) is 0 Å². The molecule has 1 atom stereocenters. The third-order valence-electron chi connectivity index (χ3n) is 2.82. The van der Waals surface area contributed by atoms with Gasteiger partial charge in [0.25, 0.3) is 5.78 Å². The molecule has 0 saturated heterocycles. The minimum Gasteiger partial charge on any atom is -0.460 e. The van der Waals surface area contributed by atoms with E-state index in [1.54, 1.807) is 25.1 Å². The molecule has 1 aromatic carbocycles. The molecule has 0 saturated carbocycles. The largest absolute Gasteiger partial charge is 0.460 e. The van der Waals surface area contributed by atoms with Crippen molar-refractivity contribution >= 4 is 17.5 Å². The minimum absolute atomic E-state index is 0.137. The number of hydrogen-bond acceptors (Lipinski definition) is 4. The van der Waals surface area contributed by atoms with E-state index < -0.39 is 17.7 Å². The number of hydrogen-bond donors (Lipinski definition) is 0. The monoisotopic (exact) mass is 232 g/mol. The first-order chi connectivity index (χ1) is 8.15. The van der Waals surface area contributed by atoms with Gasteiger partial charge in [0, 0.05) is 5.56 Å². The molecule has 0 aromatic heterocycles. The predicted molar refractivity (Wildman–Crippen MR) is 59.6 cm³/mol. The molecule has 1 aliphatic rings. The van der Waals surface area contributed by atoms with E-state index in [1.807, 2.05) is 6.07 Å². The summed E-state index contributed by atoms with van der Waals surface area (Å²) in [6, 6.07) is 7.03. The first-order valence-electron chi connectivity index (χ1n) is 5.48. The molecule has 1 unspecified atom stereocenters. The van der Waals surface area contributed by atoms with Crippen LogP contribution in [0.15, 0.2) is 24.3 Å². The molecule has 4 nitrogen and oxygen atoms in total. The third kappa shape index (κ3) is 1.98. The molecule has 0 spiro atoms. The Labute approximate surface area is 98.6 Å². The number of esters is 1. The quantitative estimate of drug-likeness (QED) is 0.446. The zero-order valence-electron chi connectivity index (χ0n) is 9.43. The van der Waals surface area contributed by atoms with E-state index in [0.717, 1.165) is 5.56 Å². The van der Waals surface area contributed by atoms with E-state index >= 15 is 0 Å². The maximum Gasteiger partial charge on any atom is 0.375 e. The van der Waals surface area contributed by atoms with Crippen LogP contribution in [0.1, 0.15) is 22.8 Å². The molecule has 1 aromatic rings. The van der Waals surface area contributed by atoms with Crippen LogP contribution in [0.2, 0.25) is 0 Å². The Hall–Kier alpha value is -1.97. The molecule has 0 radical (unpaired) electrons. The number of fused-ring (bicyclic) bond motifs is 1. The highest BCUT2D eigenvalue weighted by Gasteiger charge is 2.39. The molecular formula is C13H12O4. The number of ketones is 2. The van der Waals surface area contributed by atoms with E-state index in [0.29, 0.717) is 12.0 Å². The Kier molecular flexibility index (Phi) is 3.04. The summed E-state index contributed by atoms with van der Waals surface area (Å²) in [7, 11) is 0. The van der Waals surface area contributed by atoms with Gasteiger partial charge >= 0.3 is 5.97 Å². The fraction of sp³-hybridized carbons (Fsp3) is 0.308. The maximum atomic E-state index is 11.9. The average molecular weight is 232 g/mol. The lowest BCUT2D eigenvalue weighted by atomic mass is 10.00.